The highest BCUT2D eigenvalue weighted by Gasteiger charge is 2.22. The Morgan fingerprint density at radius 2 is 2.04 bits per heavy atom. The van der Waals surface area contributed by atoms with Crippen LogP contribution in [0.1, 0.15) is 36.6 Å². The number of pyridine rings is 2. The van der Waals surface area contributed by atoms with Crippen molar-refractivity contribution >= 4 is 16.9 Å². The zero-order valence-electron chi connectivity index (χ0n) is 12.9. The van der Waals surface area contributed by atoms with Crippen LogP contribution in [0, 0.1) is 6.92 Å². The molecule has 3 heterocycles. The van der Waals surface area contributed by atoms with Crippen LogP contribution in [0.4, 0.5) is 5.82 Å². The van der Waals surface area contributed by atoms with Crippen LogP contribution in [-0.2, 0) is 0 Å². The maximum Gasteiger partial charge on any atom is 0.355 e. The van der Waals surface area contributed by atoms with E-state index < -0.39 is 5.69 Å². The van der Waals surface area contributed by atoms with Crippen LogP contribution in [0.3, 0.4) is 0 Å². The molecule has 0 saturated heterocycles. The van der Waals surface area contributed by atoms with E-state index in [9.17, 15) is 4.79 Å². The smallest absolute Gasteiger partial charge is 0.355 e. The molecule has 0 unspecified atom stereocenters. The zero-order chi connectivity index (χ0) is 16.0. The Morgan fingerprint density at radius 3 is 2.74 bits per heavy atom. The summed E-state index contributed by atoms with van der Waals surface area (Å²) in [6.07, 6.45) is 5.23. The number of aryl methyl sites for hydroxylation is 1. The van der Waals surface area contributed by atoms with Gasteiger partial charge in [-0.2, -0.15) is 4.98 Å². The molecule has 0 aromatic carbocycles. The molecule has 116 valence electrons. The van der Waals surface area contributed by atoms with Crippen molar-refractivity contribution in [3.8, 4) is 5.69 Å². The molecule has 0 atom stereocenters. The lowest BCUT2D eigenvalue weighted by Gasteiger charge is -2.25. The number of rotatable bonds is 2. The molecular formula is C17H17N5O. The molecule has 1 fully saturated rings. The second-order valence-corrected chi connectivity index (χ2v) is 5.96. The van der Waals surface area contributed by atoms with Gasteiger partial charge in [0, 0.05) is 17.8 Å². The van der Waals surface area contributed by atoms with Gasteiger partial charge in [0.15, 0.2) is 5.65 Å². The Hall–Kier alpha value is -2.76. The summed E-state index contributed by atoms with van der Waals surface area (Å²) < 4.78 is 1.51. The first-order valence-electron chi connectivity index (χ1n) is 7.76. The number of hydrogen-bond acceptors (Lipinski definition) is 5. The minimum atomic E-state index is -0.427. The van der Waals surface area contributed by atoms with Gasteiger partial charge >= 0.3 is 5.69 Å². The van der Waals surface area contributed by atoms with Crippen molar-refractivity contribution in [1.82, 2.24) is 19.5 Å². The molecule has 1 aliphatic rings. The third-order valence-corrected chi connectivity index (χ3v) is 4.54. The van der Waals surface area contributed by atoms with E-state index in [1.54, 1.807) is 12.3 Å². The van der Waals surface area contributed by atoms with E-state index in [1.165, 1.54) is 11.0 Å². The molecule has 0 aliphatic heterocycles. The summed E-state index contributed by atoms with van der Waals surface area (Å²) >= 11 is 0. The fourth-order valence-electron chi connectivity index (χ4n) is 3.00. The summed E-state index contributed by atoms with van der Waals surface area (Å²) in [5, 5.41) is 0.691. The molecule has 3 aromatic rings. The van der Waals surface area contributed by atoms with E-state index in [1.807, 2.05) is 25.1 Å². The van der Waals surface area contributed by atoms with E-state index in [4.69, 9.17) is 10.7 Å². The number of nitrogen functional groups attached to an aromatic ring is 1. The van der Waals surface area contributed by atoms with E-state index in [0.717, 1.165) is 24.2 Å². The molecule has 0 spiro atoms. The van der Waals surface area contributed by atoms with Crippen molar-refractivity contribution in [2.75, 3.05) is 5.73 Å². The summed E-state index contributed by atoms with van der Waals surface area (Å²) in [5.41, 5.74) is 8.52. The summed E-state index contributed by atoms with van der Waals surface area (Å²) in [6, 6.07) is 7.56. The molecule has 3 aromatic heterocycles. The van der Waals surface area contributed by atoms with Crippen molar-refractivity contribution in [2.45, 2.75) is 32.1 Å². The molecule has 4 rings (SSSR count). The zero-order valence-corrected chi connectivity index (χ0v) is 12.9. The summed E-state index contributed by atoms with van der Waals surface area (Å²) in [5.74, 6) is 0.697. The fourth-order valence-corrected chi connectivity index (χ4v) is 3.00. The van der Waals surface area contributed by atoms with Gasteiger partial charge < -0.3 is 5.73 Å². The number of nitrogens with two attached hydrogens (primary N) is 1. The third-order valence-electron chi connectivity index (χ3n) is 4.54. The molecule has 1 aliphatic carbocycles. The van der Waals surface area contributed by atoms with E-state index in [-0.39, 0.29) is 5.82 Å². The molecule has 0 radical (unpaired) electrons. The monoisotopic (exact) mass is 307 g/mol. The molecule has 0 bridgehead atoms. The summed E-state index contributed by atoms with van der Waals surface area (Å²) in [4.78, 5) is 25.4. The van der Waals surface area contributed by atoms with Crippen LogP contribution in [0.15, 0.2) is 35.3 Å². The van der Waals surface area contributed by atoms with Crippen molar-refractivity contribution in [2.24, 2.45) is 0 Å². The normalized spacial score (nSPS) is 14.8. The first kappa shape index (κ1) is 13.9. The number of nitrogens with zero attached hydrogens (tertiary/aromatic N) is 4. The fraction of sp³-hybridized carbons (Fsp3) is 0.294. The molecular weight excluding hydrogens is 290 g/mol. The number of fused-ring (bicyclic) bond motifs is 1. The lowest BCUT2D eigenvalue weighted by Crippen LogP contribution is -2.25. The van der Waals surface area contributed by atoms with Crippen molar-refractivity contribution < 1.29 is 0 Å². The minimum Gasteiger partial charge on any atom is -0.383 e. The van der Waals surface area contributed by atoms with Gasteiger partial charge in [-0.05, 0) is 44.0 Å². The molecule has 23 heavy (non-hydrogen) atoms. The number of hydrogen-bond donors (Lipinski definition) is 1. The van der Waals surface area contributed by atoms with E-state index in [2.05, 4.69) is 9.97 Å². The second kappa shape index (κ2) is 5.15. The average Bonchev–Trinajstić information content (AvgIpc) is 2.47. The Kier molecular flexibility index (Phi) is 3.11. The Morgan fingerprint density at radius 1 is 1.22 bits per heavy atom. The van der Waals surface area contributed by atoms with Gasteiger partial charge in [-0.25, -0.2) is 14.3 Å². The predicted octanol–water partition coefficient (Wildman–Crippen LogP) is 2.33. The quantitative estimate of drug-likeness (QED) is 0.785. The van der Waals surface area contributed by atoms with E-state index in [0.29, 0.717) is 22.6 Å². The lowest BCUT2D eigenvalue weighted by atomic mass is 9.82. The Bertz CT molecular complexity index is 959. The Labute approximate surface area is 133 Å². The van der Waals surface area contributed by atoms with Crippen LogP contribution < -0.4 is 11.4 Å². The van der Waals surface area contributed by atoms with Gasteiger partial charge in [0.2, 0.25) is 0 Å². The number of aromatic nitrogens is 4. The van der Waals surface area contributed by atoms with Crippen molar-refractivity contribution in [3.05, 3.63) is 52.3 Å². The molecule has 6 nitrogen and oxygen atoms in total. The second-order valence-electron chi connectivity index (χ2n) is 5.96. The molecule has 6 heteroatoms. The minimum absolute atomic E-state index is 0.218. The van der Waals surface area contributed by atoms with Gasteiger partial charge in [0.25, 0.3) is 0 Å². The maximum absolute atomic E-state index is 12.5. The van der Waals surface area contributed by atoms with Crippen LogP contribution >= 0.6 is 0 Å². The first-order valence-corrected chi connectivity index (χ1v) is 7.76. The van der Waals surface area contributed by atoms with Crippen molar-refractivity contribution in [3.63, 3.8) is 0 Å². The molecule has 2 N–H and O–H groups in total. The highest BCUT2D eigenvalue weighted by Crippen LogP contribution is 2.36. The maximum atomic E-state index is 12.5. The average molecular weight is 307 g/mol. The van der Waals surface area contributed by atoms with Crippen LogP contribution in [0.2, 0.25) is 0 Å². The summed E-state index contributed by atoms with van der Waals surface area (Å²) in [7, 11) is 0. The van der Waals surface area contributed by atoms with Crippen LogP contribution in [0.25, 0.3) is 16.7 Å². The van der Waals surface area contributed by atoms with Gasteiger partial charge in [-0.3, -0.25) is 4.98 Å². The SMILES string of the molecule is Cc1ncccc1-n1c(=O)nc(N)c2ccc(C3CCC3)nc21. The highest BCUT2D eigenvalue weighted by molar-refractivity contribution is 5.86. The van der Waals surface area contributed by atoms with Gasteiger partial charge in [-0.15, -0.1) is 0 Å². The standard InChI is InChI=1S/C17H17N5O/c1-10-14(6-3-9-19-10)22-16-12(15(18)21-17(22)23)7-8-13(20-16)11-4-2-5-11/h3,6-9,11H,2,4-5H2,1H3,(H2,18,21,23). The van der Waals surface area contributed by atoms with Crippen molar-refractivity contribution in [1.29, 1.82) is 0 Å². The highest BCUT2D eigenvalue weighted by atomic mass is 16.1. The predicted molar refractivity (Wildman–Crippen MR) is 88.7 cm³/mol. The lowest BCUT2D eigenvalue weighted by molar-refractivity contribution is 0.412. The molecule has 1 saturated carbocycles. The largest absolute Gasteiger partial charge is 0.383 e. The van der Waals surface area contributed by atoms with E-state index >= 15 is 0 Å². The molecule has 0 amide bonds. The van der Waals surface area contributed by atoms with Crippen LogP contribution in [0.5, 0.6) is 0 Å². The summed E-state index contributed by atoms with van der Waals surface area (Å²) in [6.45, 7) is 1.86. The van der Waals surface area contributed by atoms with Gasteiger partial charge in [0.1, 0.15) is 5.82 Å². The third kappa shape index (κ3) is 2.18. The topological polar surface area (TPSA) is 86.7 Å². The number of anilines is 1. The van der Waals surface area contributed by atoms with Gasteiger partial charge in [0.05, 0.1) is 16.8 Å². The van der Waals surface area contributed by atoms with Crippen LogP contribution in [-0.4, -0.2) is 19.5 Å². The Balaban J connectivity index is 2.05. The first-order chi connectivity index (χ1) is 11.1. The van der Waals surface area contributed by atoms with Gasteiger partial charge in [-0.1, -0.05) is 6.42 Å².